The second-order valence-corrected chi connectivity index (χ2v) is 6.69. The summed E-state index contributed by atoms with van der Waals surface area (Å²) in [5.74, 6) is -0.353. The molecular formula is C16H15ClN3O2S2-. The summed E-state index contributed by atoms with van der Waals surface area (Å²) in [6.45, 7) is 0.699. The Hall–Kier alpha value is -1.96. The summed E-state index contributed by atoms with van der Waals surface area (Å²) in [7, 11) is 0. The number of carboxylic acids is 1. The molecular weight excluding hydrogens is 366 g/mol. The normalized spacial score (nSPS) is 10.0. The summed E-state index contributed by atoms with van der Waals surface area (Å²) >= 11 is 12.7. The summed E-state index contributed by atoms with van der Waals surface area (Å²) in [5.41, 5.74) is 6.54. The number of hydrogen-bond acceptors (Lipinski definition) is 5. The van der Waals surface area contributed by atoms with E-state index in [0.29, 0.717) is 17.3 Å². The third kappa shape index (κ3) is 6.27. The summed E-state index contributed by atoms with van der Waals surface area (Å²) in [4.78, 5) is 11.8. The molecule has 0 aromatic heterocycles. The van der Waals surface area contributed by atoms with Crippen molar-refractivity contribution in [3.8, 4) is 0 Å². The second-order valence-electron chi connectivity index (χ2n) is 4.67. The molecule has 0 aliphatic carbocycles. The van der Waals surface area contributed by atoms with Crippen molar-refractivity contribution in [1.29, 1.82) is 0 Å². The van der Waals surface area contributed by atoms with Crippen LogP contribution in [0.25, 0.3) is 0 Å². The van der Waals surface area contributed by atoms with Gasteiger partial charge in [-0.1, -0.05) is 23.7 Å². The molecule has 24 heavy (non-hydrogen) atoms. The molecule has 0 saturated heterocycles. The molecule has 0 aliphatic rings. The van der Waals surface area contributed by atoms with Gasteiger partial charge in [0.2, 0.25) is 0 Å². The molecule has 2 aromatic rings. The fourth-order valence-corrected chi connectivity index (χ4v) is 2.77. The lowest BCUT2D eigenvalue weighted by Gasteiger charge is -2.13. The third-order valence-corrected chi connectivity index (χ3v) is 4.42. The van der Waals surface area contributed by atoms with E-state index in [-0.39, 0.29) is 5.56 Å². The van der Waals surface area contributed by atoms with Gasteiger partial charge in [-0.25, -0.2) is 0 Å². The van der Waals surface area contributed by atoms with Gasteiger partial charge in [0, 0.05) is 22.2 Å². The number of anilines is 1. The van der Waals surface area contributed by atoms with Crippen molar-refractivity contribution in [3.63, 3.8) is 0 Å². The molecule has 3 N–H and O–H groups in total. The number of carbonyl (C=O) groups is 1. The SMILES string of the molecule is O=C([O-])c1ccc(NNC(=S)NCCSc2ccc(Cl)cc2)cc1. The minimum Gasteiger partial charge on any atom is -0.545 e. The van der Waals surface area contributed by atoms with Crippen molar-refractivity contribution < 1.29 is 9.90 Å². The van der Waals surface area contributed by atoms with Crippen molar-refractivity contribution in [3.05, 3.63) is 59.1 Å². The summed E-state index contributed by atoms with van der Waals surface area (Å²) < 4.78 is 0. The number of halogens is 1. The summed E-state index contributed by atoms with van der Waals surface area (Å²) in [6, 6.07) is 13.8. The number of hydrogen-bond donors (Lipinski definition) is 3. The maximum absolute atomic E-state index is 10.7. The van der Waals surface area contributed by atoms with E-state index in [2.05, 4.69) is 16.2 Å². The van der Waals surface area contributed by atoms with Crippen LogP contribution in [0.1, 0.15) is 10.4 Å². The predicted molar refractivity (Wildman–Crippen MR) is 100 cm³/mol. The van der Waals surface area contributed by atoms with Gasteiger partial charge in [-0.05, 0) is 54.2 Å². The monoisotopic (exact) mass is 380 g/mol. The Bertz CT molecular complexity index is 693. The van der Waals surface area contributed by atoms with E-state index < -0.39 is 5.97 Å². The molecule has 8 heteroatoms. The molecule has 0 spiro atoms. The van der Waals surface area contributed by atoms with Crippen LogP contribution in [0.5, 0.6) is 0 Å². The average Bonchev–Trinajstić information content (AvgIpc) is 2.59. The van der Waals surface area contributed by atoms with Crippen LogP contribution in [0.2, 0.25) is 5.02 Å². The predicted octanol–water partition coefficient (Wildman–Crippen LogP) is 2.29. The Morgan fingerprint density at radius 1 is 1.12 bits per heavy atom. The Morgan fingerprint density at radius 3 is 2.42 bits per heavy atom. The van der Waals surface area contributed by atoms with Crippen molar-refractivity contribution in [2.75, 3.05) is 17.7 Å². The van der Waals surface area contributed by atoms with Gasteiger partial charge in [0.1, 0.15) is 0 Å². The number of aromatic carboxylic acids is 1. The van der Waals surface area contributed by atoms with Gasteiger partial charge in [0.15, 0.2) is 5.11 Å². The first-order valence-electron chi connectivity index (χ1n) is 7.04. The number of benzene rings is 2. The highest BCUT2D eigenvalue weighted by Gasteiger charge is 1.98. The van der Waals surface area contributed by atoms with Crippen LogP contribution in [0, 0.1) is 0 Å². The molecule has 0 unspecified atom stereocenters. The molecule has 0 bridgehead atoms. The number of carboxylic acid groups (broad SMARTS) is 1. The lowest BCUT2D eigenvalue weighted by atomic mass is 10.2. The van der Waals surface area contributed by atoms with Gasteiger partial charge in [0.05, 0.1) is 11.7 Å². The first-order valence-corrected chi connectivity index (χ1v) is 8.81. The van der Waals surface area contributed by atoms with Crippen LogP contribution >= 0.6 is 35.6 Å². The summed E-state index contributed by atoms with van der Waals surface area (Å²) in [5, 5.41) is 14.9. The maximum Gasteiger partial charge on any atom is 0.185 e. The Labute approximate surface area is 154 Å². The molecule has 0 fully saturated rings. The zero-order valence-corrected chi connectivity index (χ0v) is 14.9. The molecule has 0 amide bonds. The molecule has 0 saturated carbocycles. The Morgan fingerprint density at radius 2 is 1.79 bits per heavy atom. The number of rotatable bonds is 7. The second kappa shape index (κ2) is 9.36. The van der Waals surface area contributed by atoms with Gasteiger partial charge in [-0.3, -0.25) is 10.9 Å². The molecule has 2 rings (SSSR count). The van der Waals surface area contributed by atoms with Gasteiger partial charge >= 0.3 is 0 Å². The number of carbonyl (C=O) groups excluding carboxylic acids is 1. The van der Waals surface area contributed by atoms with Gasteiger partial charge in [-0.2, -0.15) is 0 Å². The fourth-order valence-electron chi connectivity index (χ4n) is 1.73. The molecule has 5 nitrogen and oxygen atoms in total. The minimum atomic E-state index is -1.20. The van der Waals surface area contributed by atoms with Crippen LogP contribution in [-0.4, -0.2) is 23.4 Å². The highest BCUT2D eigenvalue weighted by Crippen LogP contribution is 2.19. The van der Waals surface area contributed by atoms with Crippen LogP contribution in [0.15, 0.2) is 53.4 Å². The minimum absolute atomic E-state index is 0.125. The van der Waals surface area contributed by atoms with E-state index in [4.69, 9.17) is 23.8 Å². The summed E-state index contributed by atoms with van der Waals surface area (Å²) in [6.07, 6.45) is 0. The van der Waals surface area contributed by atoms with E-state index in [1.54, 1.807) is 23.9 Å². The van der Waals surface area contributed by atoms with Crippen LogP contribution < -0.4 is 21.3 Å². The maximum atomic E-state index is 10.7. The zero-order chi connectivity index (χ0) is 17.4. The Balaban J connectivity index is 1.64. The van der Waals surface area contributed by atoms with Gasteiger partial charge < -0.3 is 15.2 Å². The fraction of sp³-hybridized carbons (Fsp3) is 0.125. The molecule has 2 aromatic carbocycles. The van der Waals surface area contributed by atoms with Crippen molar-refractivity contribution in [2.24, 2.45) is 0 Å². The average molecular weight is 381 g/mol. The Kier molecular flexibility index (Phi) is 7.17. The highest BCUT2D eigenvalue weighted by atomic mass is 35.5. The highest BCUT2D eigenvalue weighted by molar-refractivity contribution is 7.99. The lowest BCUT2D eigenvalue weighted by molar-refractivity contribution is -0.255. The third-order valence-electron chi connectivity index (χ3n) is 2.91. The number of thiocarbonyl (C=S) groups is 1. The molecule has 0 aliphatic heterocycles. The smallest absolute Gasteiger partial charge is 0.185 e. The van der Waals surface area contributed by atoms with E-state index in [1.165, 1.54) is 12.1 Å². The number of thioether (sulfide) groups is 1. The zero-order valence-electron chi connectivity index (χ0n) is 12.5. The topological polar surface area (TPSA) is 76.2 Å². The largest absolute Gasteiger partial charge is 0.545 e. The number of hydrazine groups is 1. The molecule has 0 radical (unpaired) electrons. The lowest BCUT2D eigenvalue weighted by Crippen LogP contribution is -2.39. The molecule has 0 atom stereocenters. The van der Waals surface area contributed by atoms with E-state index in [1.807, 2.05) is 24.3 Å². The van der Waals surface area contributed by atoms with Crippen molar-refractivity contribution in [1.82, 2.24) is 10.7 Å². The van der Waals surface area contributed by atoms with Crippen LogP contribution in [-0.2, 0) is 0 Å². The van der Waals surface area contributed by atoms with E-state index >= 15 is 0 Å². The molecule has 0 heterocycles. The quantitative estimate of drug-likeness (QED) is 0.294. The van der Waals surface area contributed by atoms with Crippen molar-refractivity contribution in [2.45, 2.75) is 4.90 Å². The standard InChI is InChI=1S/C16H16ClN3O2S2/c17-12-3-7-14(8-4-12)24-10-9-18-16(23)20-19-13-5-1-11(2-6-13)15(21)22/h1-8,19H,9-10H2,(H,21,22)(H2,18,20,23)/p-1. The van der Waals surface area contributed by atoms with Crippen LogP contribution in [0.3, 0.4) is 0 Å². The van der Waals surface area contributed by atoms with Crippen LogP contribution in [0.4, 0.5) is 5.69 Å². The van der Waals surface area contributed by atoms with Gasteiger partial charge in [0.25, 0.3) is 0 Å². The molecule has 126 valence electrons. The van der Waals surface area contributed by atoms with E-state index in [9.17, 15) is 9.90 Å². The van der Waals surface area contributed by atoms with Gasteiger partial charge in [-0.15, -0.1) is 11.8 Å². The first kappa shape index (κ1) is 18.4. The van der Waals surface area contributed by atoms with Crippen molar-refractivity contribution >= 4 is 52.3 Å². The van der Waals surface area contributed by atoms with E-state index in [0.717, 1.165) is 15.7 Å². The number of nitrogens with one attached hydrogen (secondary N) is 3. The first-order chi connectivity index (χ1) is 11.5.